The van der Waals surface area contributed by atoms with Crippen LogP contribution < -0.4 is 0 Å². The summed E-state index contributed by atoms with van der Waals surface area (Å²) in [5.41, 5.74) is 0. The predicted molar refractivity (Wildman–Crippen MR) is 32.3 cm³/mol. The second-order valence-electron chi connectivity index (χ2n) is 3.33. The molecule has 0 spiro atoms. The van der Waals surface area contributed by atoms with Gasteiger partial charge >= 0.3 is 5.97 Å². The van der Waals surface area contributed by atoms with Crippen LogP contribution in [-0.4, -0.2) is 17.0 Å². The molecule has 0 heterocycles. The van der Waals surface area contributed by atoms with Crippen molar-refractivity contribution >= 4 is 5.97 Å². The van der Waals surface area contributed by atoms with Gasteiger partial charge in [0.1, 0.15) is 0 Å². The lowest BCUT2D eigenvalue weighted by Gasteiger charge is -2.07. The van der Waals surface area contributed by atoms with E-state index in [4.69, 9.17) is 5.11 Å². The van der Waals surface area contributed by atoms with Crippen LogP contribution >= 0.6 is 0 Å². The van der Waals surface area contributed by atoms with Gasteiger partial charge in [0, 0.05) is 11.8 Å². The number of carboxylic acids is 1. The molecule has 2 aliphatic carbocycles. The Morgan fingerprint density at radius 1 is 1.45 bits per heavy atom. The van der Waals surface area contributed by atoms with Crippen LogP contribution in [0.2, 0.25) is 0 Å². The second-order valence-corrected chi connectivity index (χ2v) is 3.33. The molecule has 2 fully saturated rings. The first-order valence-electron chi connectivity index (χ1n) is 3.65. The number of aliphatic carboxylic acids is 1. The summed E-state index contributed by atoms with van der Waals surface area (Å²) in [5.74, 6) is -5.98. The highest BCUT2D eigenvalue weighted by atomic mass is 19.3. The Balaban J connectivity index is 2.13. The van der Waals surface area contributed by atoms with Gasteiger partial charge in [-0.1, -0.05) is 0 Å². The number of hydrogen-bond donors (Lipinski definition) is 1. The molecule has 0 bridgehead atoms. The molecule has 0 aromatic heterocycles. The first-order chi connectivity index (χ1) is 5.05. The second kappa shape index (κ2) is 1.73. The third kappa shape index (κ3) is 0.723. The van der Waals surface area contributed by atoms with E-state index in [1.165, 1.54) is 0 Å². The maximum Gasteiger partial charge on any atom is 0.307 e. The van der Waals surface area contributed by atoms with E-state index in [1.54, 1.807) is 0 Å². The van der Waals surface area contributed by atoms with E-state index in [2.05, 4.69) is 0 Å². The SMILES string of the molecule is O=C(O)C1CCC2C1C2(F)F. The Labute approximate surface area is 62.2 Å². The van der Waals surface area contributed by atoms with Crippen molar-refractivity contribution in [2.24, 2.45) is 17.8 Å². The number of rotatable bonds is 1. The van der Waals surface area contributed by atoms with Crippen molar-refractivity contribution in [3.05, 3.63) is 0 Å². The van der Waals surface area contributed by atoms with Crippen molar-refractivity contribution in [2.75, 3.05) is 0 Å². The van der Waals surface area contributed by atoms with E-state index in [0.717, 1.165) is 0 Å². The first-order valence-corrected chi connectivity index (χ1v) is 3.65. The van der Waals surface area contributed by atoms with E-state index in [0.29, 0.717) is 12.8 Å². The number of carboxylic acid groups (broad SMARTS) is 1. The van der Waals surface area contributed by atoms with Gasteiger partial charge in [0.25, 0.3) is 5.92 Å². The summed E-state index contributed by atoms with van der Waals surface area (Å²) in [4.78, 5) is 10.4. The molecule has 11 heavy (non-hydrogen) atoms. The van der Waals surface area contributed by atoms with E-state index in [-0.39, 0.29) is 0 Å². The minimum Gasteiger partial charge on any atom is -0.481 e. The number of carbonyl (C=O) groups is 1. The highest BCUT2D eigenvalue weighted by Crippen LogP contribution is 2.66. The summed E-state index contributed by atoms with van der Waals surface area (Å²) in [6.07, 6.45) is 0.814. The number of alkyl halides is 2. The fourth-order valence-electron chi connectivity index (χ4n) is 2.15. The molecule has 3 unspecified atom stereocenters. The number of fused-ring (bicyclic) bond motifs is 1. The van der Waals surface area contributed by atoms with Gasteiger partial charge in [-0.3, -0.25) is 4.79 Å². The lowest BCUT2D eigenvalue weighted by atomic mass is 10.0. The molecule has 2 rings (SSSR count). The summed E-state index contributed by atoms with van der Waals surface area (Å²) < 4.78 is 25.2. The maximum atomic E-state index is 12.6. The molecule has 0 radical (unpaired) electrons. The van der Waals surface area contributed by atoms with Crippen LogP contribution in [0, 0.1) is 17.8 Å². The van der Waals surface area contributed by atoms with Crippen LogP contribution in [0.25, 0.3) is 0 Å². The summed E-state index contributed by atoms with van der Waals surface area (Å²) in [6.45, 7) is 0. The molecule has 4 heteroatoms. The van der Waals surface area contributed by atoms with Crippen molar-refractivity contribution in [1.82, 2.24) is 0 Å². The lowest BCUT2D eigenvalue weighted by molar-refractivity contribution is -0.143. The maximum absolute atomic E-state index is 12.6. The summed E-state index contributed by atoms with van der Waals surface area (Å²) in [7, 11) is 0. The van der Waals surface area contributed by atoms with Crippen LogP contribution in [0.1, 0.15) is 12.8 Å². The first kappa shape index (κ1) is 7.00. The standard InChI is InChI=1S/C7H8F2O2/c8-7(9)4-2-1-3(5(4)7)6(10)11/h3-5H,1-2H2,(H,10,11). The summed E-state index contributed by atoms with van der Waals surface area (Å²) in [6, 6.07) is 0. The summed E-state index contributed by atoms with van der Waals surface area (Å²) >= 11 is 0. The lowest BCUT2D eigenvalue weighted by Crippen LogP contribution is -2.18. The van der Waals surface area contributed by atoms with Gasteiger partial charge in [-0.25, -0.2) is 8.78 Å². The number of halogens is 2. The largest absolute Gasteiger partial charge is 0.481 e. The Morgan fingerprint density at radius 2 is 2.09 bits per heavy atom. The van der Waals surface area contributed by atoms with Crippen LogP contribution in [0.5, 0.6) is 0 Å². The zero-order chi connectivity index (χ0) is 8.22. The fraction of sp³-hybridized carbons (Fsp3) is 0.857. The summed E-state index contributed by atoms with van der Waals surface area (Å²) in [5, 5.41) is 8.51. The Kier molecular flexibility index (Phi) is 1.10. The zero-order valence-electron chi connectivity index (χ0n) is 5.76. The highest BCUT2D eigenvalue weighted by Gasteiger charge is 2.74. The van der Waals surface area contributed by atoms with Crippen molar-refractivity contribution in [1.29, 1.82) is 0 Å². The highest BCUT2D eigenvalue weighted by molar-refractivity contribution is 5.72. The monoisotopic (exact) mass is 162 g/mol. The van der Waals surface area contributed by atoms with Gasteiger partial charge in [-0.2, -0.15) is 0 Å². The van der Waals surface area contributed by atoms with Crippen LogP contribution in [0.3, 0.4) is 0 Å². The third-order valence-electron chi connectivity index (χ3n) is 2.80. The Hall–Kier alpha value is -0.670. The van der Waals surface area contributed by atoms with Crippen molar-refractivity contribution in [3.63, 3.8) is 0 Å². The van der Waals surface area contributed by atoms with Gasteiger partial charge in [0.05, 0.1) is 5.92 Å². The van der Waals surface area contributed by atoms with E-state index >= 15 is 0 Å². The normalized spacial score (nSPS) is 45.1. The van der Waals surface area contributed by atoms with E-state index in [9.17, 15) is 13.6 Å². The third-order valence-corrected chi connectivity index (χ3v) is 2.80. The molecule has 0 amide bonds. The Bertz CT molecular complexity index is 214. The quantitative estimate of drug-likeness (QED) is 0.632. The molecule has 0 aliphatic heterocycles. The van der Waals surface area contributed by atoms with Gasteiger partial charge in [0.15, 0.2) is 0 Å². The van der Waals surface area contributed by atoms with Gasteiger partial charge < -0.3 is 5.11 Å². The zero-order valence-corrected chi connectivity index (χ0v) is 5.76. The molecular formula is C7H8F2O2. The topological polar surface area (TPSA) is 37.3 Å². The smallest absolute Gasteiger partial charge is 0.307 e. The molecule has 62 valence electrons. The average Bonchev–Trinajstić information content (AvgIpc) is 2.34. The van der Waals surface area contributed by atoms with Gasteiger partial charge in [0.2, 0.25) is 0 Å². The number of hydrogen-bond acceptors (Lipinski definition) is 1. The molecule has 0 aromatic carbocycles. The van der Waals surface area contributed by atoms with Gasteiger partial charge in [-0.05, 0) is 12.8 Å². The van der Waals surface area contributed by atoms with Crippen molar-refractivity contribution in [3.8, 4) is 0 Å². The van der Waals surface area contributed by atoms with Crippen LogP contribution in [0.4, 0.5) is 8.78 Å². The van der Waals surface area contributed by atoms with Crippen LogP contribution in [0.15, 0.2) is 0 Å². The molecule has 3 atom stereocenters. The van der Waals surface area contributed by atoms with E-state index < -0.39 is 29.6 Å². The van der Waals surface area contributed by atoms with Crippen LogP contribution in [-0.2, 0) is 4.79 Å². The molecule has 2 nitrogen and oxygen atoms in total. The predicted octanol–water partition coefficient (Wildman–Crippen LogP) is 1.36. The molecule has 2 aliphatic rings. The fourth-order valence-corrected chi connectivity index (χ4v) is 2.15. The minimum atomic E-state index is -2.67. The van der Waals surface area contributed by atoms with Crippen molar-refractivity contribution < 1.29 is 18.7 Å². The minimum absolute atomic E-state index is 0.384. The molecule has 0 saturated heterocycles. The van der Waals surface area contributed by atoms with E-state index in [1.807, 2.05) is 0 Å². The molecule has 1 N–H and O–H groups in total. The Morgan fingerprint density at radius 3 is 2.36 bits per heavy atom. The van der Waals surface area contributed by atoms with Gasteiger partial charge in [-0.15, -0.1) is 0 Å². The average molecular weight is 162 g/mol. The molecule has 2 saturated carbocycles. The van der Waals surface area contributed by atoms with Crippen molar-refractivity contribution in [2.45, 2.75) is 18.8 Å². The molecule has 0 aromatic rings. The molecular weight excluding hydrogens is 154 g/mol.